The van der Waals surface area contributed by atoms with Gasteiger partial charge in [-0.3, -0.25) is 4.79 Å². The fourth-order valence-corrected chi connectivity index (χ4v) is 5.88. The molecule has 2 aliphatic heterocycles. The summed E-state index contributed by atoms with van der Waals surface area (Å²) in [6.45, 7) is 1.81. The predicted molar refractivity (Wildman–Crippen MR) is 105 cm³/mol. The number of hydrogen-bond acceptors (Lipinski definition) is 4. The maximum absolute atomic E-state index is 12.9. The van der Waals surface area contributed by atoms with Gasteiger partial charge in [0.2, 0.25) is 15.9 Å². The molecule has 2 aliphatic rings. The van der Waals surface area contributed by atoms with Gasteiger partial charge >= 0.3 is 0 Å². The van der Waals surface area contributed by atoms with Crippen LogP contribution in [0.4, 0.5) is 0 Å². The zero-order valence-electron chi connectivity index (χ0n) is 15.0. The Balaban J connectivity index is 1.61. The predicted octanol–water partition coefficient (Wildman–Crippen LogP) is 2.83. The molecule has 2 fully saturated rings. The van der Waals surface area contributed by atoms with Gasteiger partial charge < -0.3 is 10.1 Å². The van der Waals surface area contributed by atoms with E-state index in [1.807, 2.05) is 0 Å². The zero-order valence-corrected chi connectivity index (χ0v) is 17.3. The molecule has 0 aliphatic carbocycles. The van der Waals surface area contributed by atoms with E-state index in [1.165, 1.54) is 4.31 Å². The summed E-state index contributed by atoms with van der Waals surface area (Å²) in [5, 5.41) is 3.56. The van der Waals surface area contributed by atoms with Crippen LogP contribution in [0.25, 0.3) is 0 Å². The van der Waals surface area contributed by atoms with Crippen LogP contribution in [0.2, 0.25) is 10.0 Å². The molecule has 1 aromatic carbocycles. The second-order valence-corrected chi connectivity index (χ2v) is 9.82. The van der Waals surface area contributed by atoms with Crippen LogP contribution in [0.1, 0.15) is 31.2 Å². The third kappa shape index (κ3) is 5.35. The number of hydrogen-bond donors (Lipinski definition) is 1. The fourth-order valence-electron chi connectivity index (χ4n) is 3.52. The van der Waals surface area contributed by atoms with Gasteiger partial charge in [0.25, 0.3) is 0 Å². The first-order valence-electron chi connectivity index (χ1n) is 9.17. The highest BCUT2D eigenvalue weighted by Crippen LogP contribution is 2.29. The lowest BCUT2D eigenvalue weighted by Gasteiger charge is -2.31. The normalized spacial score (nSPS) is 24.1. The molecule has 2 atom stereocenters. The fraction of sp³-hybridized carbons (Fsp3) is 0.611. The lowest BCUT2D eigenvalue weighted by molar-refractivity contribution is -0.126. The van der Waals surface area contributed by atoms with Gasteiger partial charge in [-0.2, -0.15) is 0 Å². The number of sulfonamides is 1. The number of nitrogens with one attached hydrogen (secondary N) is 1. The second kappa shape index (κ2) is 9.09. The van der Waals surface area contributed by atoms with Crippen molar-refractivity contribution in [2.75, 3.05) is 26.2 Å². The maximum Gasteiger partial charge on any atom is 0.224 e. The van der Waals surface area contributed by atoms with E-state index in [1.54, 1.807) is 18.2 Å². The first-order valence-corrected chi connectivity index (χ1v) is 11.5. The van der Waals surface area contributed by atoms with Crippen molar-refractivity contribution < 1.29 is 17.9 Å². The molecule has 0 radical (unpaired) electrons. The van der Waals surface area contributed by atoms with Gasteiger partial charge in [-0.1, -0.05) is 29.3 Å². The van der Waals surface area contributed by atoms with Crippen molar-refractivity contribution in [3.8, 4) is 0 Å². The highest BCUT2D eigenvalue weighted by Gasteiger charge is 2.33. The molecule has 150 valence electrons. The summed E-state index contributed by atoms with van der Waals surface area (Å²) in [6, 6.07) is 4.92. The molecule has 6 nitrogen and oxygen atoms in total. The Morgan fingerprint density at radius 1 is 1.22 bits per heavy atom. The largest absolute Gasteiger partial charge is 0.376 e. The van der Waals surface area contributed by atoms with E-state index in [9.17, 15) is 13.2 Å². The Bertz CT molecular complexity index is 761. The third-order valence-corrected chi connectivity index (χ3v) is 7.54. The van der Waals surface area contributed by atoms with Crippen molar-refractivity contribution in [1.29, 1.82) is 0 Å². The van der Waals surface area contributed by atoms with Crippen molar-refractivity contribution in [2.45, 2.75) is 37.5 Å². The van der Waals surface area contributed by atoms with Crippen LogP contribution in [0.15, 0.2) is 18.2 Å². The SMILES string of the molecule is O=C(NC[C@H]1CCCO1)[C@H]1CCCN(S(=O)(=O)Cc2c(Cl)cccc2Cl)C1. The molecule has 0 aromatic heterocycles. The van der Waals surface area contributed by atoms with Gasteiger partial charge in [-0.05, 0) is 37.8 Å². The molecule has 1 N–H and O–H groups in total. The van der Waals surface area contributed by atoms with Gasteiger partial charge in [-0.15, -0.1) is 0 Å². The van der Waals surface area contributed by atoms with Crippen LogP contribution < -0.4 is 5.32 Å². The number of nitrogens with zero attached hydrogens (tertiary/aromatic N) is 1. The Kier molecular flexibility index (Phi) is 7.03. The third-order valence-electron chi connectivity index (χ3n) is 5.06. The van der Waals surface area contributed by atoms with Gasteiger partial charge in [-0.25, -0.2) is 12.7 Å². The highest BCUT2D eigenvalue weighted by molar-refractivity contribution is 7.88. The standard InChI is InChI=1S/C18H24Cl2N2O4S/c19-16-6-1-7-17(20)15(16)12-27(24,25)22-8-2-4-13(11-22)18(23)21-10-14-5-3-9-26-14/h1,6-7,13-14H,2-5,8-12H2,(H,21,23)/t13-,14+/m0/s1. The summed E-state index contributed by atoms with van der Waals surface area (Å²) in [6.07, 6.45) is 3.36. The molecule has 1 aromatic rings. The molecule has 1 amide bonds. The number of ether oxygens (including phenoxy) is 1. The van der Waals surface area contributed by atoms with Crippen molar-refractivity contribution in [2.24, 2.45) is 5.92 Å². The quantitative estimate of drug-likeness (QED) is 0.746. The van der Waals surface area contributed by atoms with Gasteiger partial charge in [0.05, 0.1) is 17.8 Å². The number of piperidine rings is 1. The summed E-state index contributed by atoms with van der Waals surface area (Å²) in [4.78, 5) is 12.5. The molecule has 27 heavy (non-hydrogen) atoms. The molecule has 0 spiro atoms. The minimum absolute atomic E-state index is 0.0692. The molecule has 0 unspecified atom stereocenters. The average Bonchev–Trinajstić information content (AvgIpc) is 3.17. The molecular weight excluding hydrogens is 411 g/mol. The Hall–Kier alpha value is -0.860. The van der Waals surface area contributed by atoms with Crippen molar-refractivity contribution in [3.63, 3.8) is 0 Å². The zero-order chi connectivity index (χ0) is 19.4. The average molecular weight is 435 g/mol. The number of rotatable bonds is 6. The molecule has 2 saturated heterocycles. The molecule has 9 heteroatoms. The van der Waals surface area contributed by atoms with Gasteiger partial charge in [0.15, 0.2) is 0 Å². The van der Waals surface area contributed by atoms with E-state index in [0.717, 1.165) is 19.4 Å². The lowest BCUT2D eigenvalue weighted by Crippen LogP contribution is -2.46. The number of benzene rings is 1. The lowest BCUT2D eigenvalue weighted by atomic mass is 9.99. The smallest absolute Gasteiger partial charge is 0.224 e. The summed E-state index contributed by atoms with van der Waals surface area (Å²) in [7, 11) is -3.62. The summed E-state index contributed by atoms with van der Waals surface area (Å²) in [5.41, 5.74) is 0.394. The van der Waals surface area contributed by atoms with E-state index >= 15 is 0 Å². The maximum atomic E-state index is 12.9. The summed E-state index contributed by atoms with van der Waals surface area (Å²) >= 11 is 12.2. The van der Waals surface area contributed by atoms with Crippen LogP contribution in [-0.4, -0.2) is 51.0 Å². The summed E-state index contributed by atoms with van der Waals surface area (Å²) in [5.74, 6) is -0.728. The van der Waals surface area contributed by atoms with E-state index in [2.05, 4.69) is 5.32 Å². The van der Waals surface area contributed by atoms with Crippen LogP contribution in [0.5, 0.6) is 0 Å². The topological polar surface area (TPSA) is 75.7 Å². The van der Waals surface area contributed by atoms with Crippen LogP contribution in [0.3, 0.4) is 0 Å². The minimum atomic E-state index is -3.62. The van der Waals surface area contributed by atoms with E-state index < -0.39 is 10.0 Å². The first kappa shape index (κ1) is 20.9. The number of carbonyl (C=O) groups excluding carboxylic acids is 1. The van der Waals surface area contributed by atoms with Crippen LogP contribution in [0, 0.1) is 5.92 Å². The Labute approximate surface area is 170 Å². The van der Waals surface area contributed by atoms with Gasteiger partial charge in [0, 0.05) is 41.8 Å². The van der Waals surface area contributed by atoms with Crippen LogP contribution >= 0.6 is 23.2 Å². The van der Waals surface area contributed by atoms with Crippen molar-refractivity contribution in [1.82, 2.24) is 9.62 Å². The Morgan fingerprint density at radius 3 is 2.63 bits per heavy atom. The van der Waals surface area contributed by atoms with Crippen LogP contribution in [-0.2, 0) is 25.3 Å². The number of carbonyl (C=O) groups is 1. The van der Waals surface area contributed by atoms with Crippen molar-refractivity contribution in [3.05, 3.63) is 33.8 Å². The molecule has 3 rings (SSSR count). The molecule has 0 saturated carbocycles. The molecule has 0 bridgehead atoms. The van der Waals surface area contributed by atoms with E-state index in [-0.39, 0.29) is 30.2 Å². The second-order valence-electron chi connectivity index (χ2n) is 7.03. The Morgan fingerprint density at radius 2 is 1.96 bits per heavy atom. The van der Waals surface area contributed by atoms with Crippen molar-refractivity contribution >= 4 is 39.1 Å². The molecular formula is C18H24Cl2N2O4S. The van der Waals surface area contributed by atoms with Gasteiger partial charge in [0.1, 0.15) is 0 Å². The first-order chi connectivity index (χ1) is 12.9. The minimum Gasteiger partial charge on any atom is -0.376 e. The highest BCUT2D eigenvalue weighted by atomic mass is 35.5. The van der Waals surface area contributed by atoms with E-state index in [4.69, 9.17) is 27.9 Å². The number of halogens is 2. The summed E-state index contributed by atoms with van der Waals surface area (Å²) < 4.78 is 32.6. The molecule has 2 heterocycles. The monoisotopic (exact) mass is 434 g/mol. The number of amides is 1. The van der Waals surface area contributed by atoms with E-state index in [0.29, 0.717) is 41.5 Å².